The SMILES string of the molecule is CN1CCN([C@@H]2CCCN(c3cnc(C(N)=O)c(Nc4ccc(C5CCN(CC6CCN(c7ccc8c(=O)n(C9CCC(=O)NC9=O)ccc8c7)CC6)CC5)cc4)n3)C2)C1=O. The molecule has 2 aromatic carbocycles. The van der Waals surface area contributed by atoms with Gasteiger partial charge in [-0.1, -0.05) is 12.1 Å². The van der Waals surface area contributed by atoms with Crippen molar-refractivity contribution in [3.63, 3.8) is 0 Å². The summed E-state index contributed by atoms with van der Waals surface area (Å²) in [6.07, 6.45) is 10.1. The molecule has 5 saturated heterocycles. The number of pyridine rings is 1. The van der Waals surface area contributed by atoms with Gasteiger partial charge in [0.1, 0.15) is 11.9 Å². The summed E-state index contributed by atoms with van der Waals surface area (Å²) in [5.74, 6) is 0.729. The highest BCUT2D eigenvalue weighted by molar-refractivity contribution is 5.99. The van der Waals surface area contributed by atoms with Crippen molar-refractivity contribution in [1.82, 2.24) is 34.6 Å². The number of rotatable bonds is 10. The molecule has 4 aromatic rings. The predicted molar refractivity (Wildman–Crippen MR) is 233 cm³/mol. The first kappa shape index (κ1) is 40.4. The van der Waals surface area contributed by atoms with Crippen molar-refractivity contribution in [1.29, 1.82) is 0 Å². The number of primary amides is 1. The lowest BCUT2D eigenvalue weighted by Crippen LogP contribution is -2.49. The molecule has 0 bridgehead atoms. The van der Waals surface area contributed by atoms with Gasteiger partial charge in [-0.05, 0) is 117 Å². The first-order valence-electron chi connectivity index (χ1n) is 21.8. The van der Waals surface area contributed by atoms with Crippen molar-refractivity contribution < 1.29 is 19.2 Å². The van der Waals surface area contributed by atoms with Crippen LogP contribution in [0.15, 0.2) is 65.7 Å². The number of piperidine rings is 4. The smallest absolute Gasteiger partial charge is 0.320 e. The monoisotopic (exact) mass is 829 g/mol. The van der Waals surface area contributed by atoms with Gasteiger partial charge in [0.15, 0.2) is 11.5 Å². The Hall–Kier alpha value is -6.03. The van der Waals surface area contributed by atoms with Crippen LogP contribution in [0.2, 0.25) is 0 Å². The lowest BCUT2D eigenvalue weighted by atomic mass is 9.88. The number of aromatic nitrogens is 3. The molecule has 7 heterocycles. The van der Waals surface area contributed by atoms with Gasteiger partial charge in [0.05, 0.1) is 12.2 Å². The molecule has 0 aliphatic carbocycles. The van der Waals surface area contributed by atoms with E-state index in [2.05, 4.69) is 48.5 Å². The van der Waals surface area contributed by atoms with E-state index < -0.39 is 17.9 Å². The number of imide groups is 1. The van der Waals surface area contributed by atoms with Crippen LogP contribution < -0.4 is 31.7 Å². The number of hydrogen-bond donors (Lipinski definition) is 3. The number of anilines is 4. The number of nitrogens with one attached hydrogen (secondary N) is 2. The molecule has 0 radical (unpaired) electrons. The molecule has 0 saturated carbocycles. The minimum absolute atomic E-state index is 0.0691. The number of benzene rings is 2. The third-order valence-electron chi connectivity index (χ3n) is 13.6. The first-order chi connectivity index (χ1) is 29.6. The lowest BCUT2D eigenvalue weighted by Gasteiger charge is -2.38. The van der Waals surface area contributed by atoms with E-state index in [0.29, 0.717) is 41.8 Å². The summed E-state index contributed by atoms with van der Waals surface area (Å²) in [7, 11) is 1.84. The maximum absolute atomic E-state index is 13.3. The number of likely N-dealkylation sites (N-methyl/N-ethyl adjacent to an activating group) is 1. The summed E-state index contributed by atoms with van der Waals surface area (Å²) in [5, 5.41) is 7.09. The molecular formula is C45H55N11O5. The van der Waals surface area contributed by atoms with Crippen molar-refractivity contribution >= 4 is 57.5 Å². The van der Waals surface area contributed by atoms with E-state index in [-0.39, 0.29) is 35.7 Å². The van der Waals surface area contributed by atoms with Crippen molar-refractivity contribution in [2.45, 2.75) is 69.4 Å². The molecule has 16 nitrogen and oxygen atoms in total. The highest BCUT2D eigenvalue weighted by atomic mass is 16.2. The molecule has 1 unspecified atom stereocenters. The second-order valence-corrected chi connectivity index (χ2v) is 17.4. The Bertz CT molecular complexity index is 2370. The molecule has 5 aliphatic heterocycles. The van der Waals surface area contributed by atoms with Gasteiger partial charge in [-0.25, -0.2) is 14.8 Å². The number of carbonyl (C=O) groups excluding carboxylic acids is 4. The maximum Gasteiger partial charge on any atom is 0.320 e. The fraction of sp³-hybridized carbons (Fsp3) is 0.489. The van der Waals surface area contributed by atoms with Crippen molar-refractivity contribution in [3.8, 4) is 0 Å². The number of nitrogens with zero attached hydrogens (tertiary/aromatic N) is 8. The summed E-state index contributed by atoms with van der Waals surface area (Å²) < 4.78 is 1.46. The minimum atomic E-state index is -0.668. The Balaban J connectivity index is 0.756. The molecule has 16 heteroatoms. The van der Waals surface area contributed by atoms with Gasteiger partial charge >= 0.3 is 6.03 Å². The minimum Gasteiger partial charge on any atom is -0.371 e. The average Bonchev–Trinajstić information content (AvgIpc) is 3.61. The van der Waals surface area contributed by atoms with Gasteiger partial charge in [0, 0.05) is 82.2 Å². The second kappa shape index (κ2) is 17.1. The third kappa shape index (κ3) is 8.50. The lowest BCUT2D eigenvalue weighted by molar-refractivity contribution is -0.135. The quantitative estimate of drug-likeness (QED) is 0.196. The molecule has 61 heavy (non-hydrogen) atoms. The molecule has 2 atom stereocenters. The Morgan fingerprint density at radius 2 is 1.66 bits per heavy atom. The van der Waals surface area contributed by atoms with E-state index >= 15 is 0 Å². The van der Waals surface area contributed by atoms with E-state index in [1.165, 1.54) is 10.1 Å². The fourth-order valence-corrected chi connectivity index (χ4v) is 10.0. The third-order valence-corrected chi connectivity index (χ3v) is 13.6. The van der Waals surface area contributed by atoms with E-state index in [0.717, 1.165) is 108 Å². The van der Waals surface area contributed by atoms with Crippen molar-refractivity contribution in [3.05, 3.63) is 82.5 Å². The molecule has 9 rings (SSSR count). The van der Waals surface area contributed by atoms with Crippen LogP contribution in [0.3, 0.4) is 0 Å². The normalized spacial score (nSPS) is 22.3. The fourth-order valence-electron chi connectivity index (χ4n) is 10.0. The van der Waals surface area contributed by atoms with E-state index in [1.54, 1.807) is 17.3 Å². The van der Waals surface area contributed by atoms with Crippen LogP contribution in [-0.2, 0) is 9.59 Å². The van der Waals surface area contributed by atoms with Gasteiger partial charge < -0.3 is 40.1 Å². The number of likely N-dealkylation sites (tertiary alicyclic amines) is 1. The van der Waals surface area contributed by atoms with Crippen LogP contribution in [0.4, 0.5) is 27.8 Å². The van der Waals surface area contributed by atoms with Crippen LogP contribution in [0.1, 0.15) is 79.4 Å². The maximum atomic E-state index is 13.3. The molecule has 4 N–H and O–H groups in total. The molecule has 0 spiro atoms. The Kier molecular flexibility index (Phi) is 11.4. The standard InChI is InChI=1S/C45H55N11O5/c1-51-23-24-55(45(51)61)35-3-2-17-54(28-35)38-26-47-40(41(46)58)42(49-38)48-33-6-4-30(5-7-33)31-14-18-52(19-15-31)27-29-12-20-53(21-13-29)34-8-9-36-32(25-34)16-22-56(44(36)60)37-10-11-39(57)50-43(37)59/h4-9,16,22,25-26,29,31,35,37H,2-3,10-15,17-21,23-24,27-28H2,1H3,(H2,46,58)(H,48,49)(H,50,57,59)/t35-,37?/m1/s1. The van der Waals surface area contributed by atoms with E-state index in [4.69, 9.17) is 10.7 Å². The number of urea groups is 1. The zero-order chi connectivity index (χ0) is 42.2. The molecular weight excluding hydrogens is 775 g/mol. The highest BCUT2D eigenvalue weighted by Gasteiger charge is 2.35. The van der Waals surface area contributed by atoms with Crippen LogP contribution in [-0.4, -0.2) is 125 Å². The number of hydrogen-bond acceptors (Lipinski definition) is 11. The molecule has 5 aliphatic rings. The summed E-state index contributed by atoms with van der Waals surface area (Å²) in [5.41, 5.74) is 8.82. The number of nitrogens with two attached hydrogens (primary N) is 1. The van der Waals surface area contributed by atoms with Crippen LogP contribution in [0.5, 0.6) is 0 Å². The molecule has 320 valence electrons. The van der Waals surface area contributed by atoms with Crippen molar-refractivity contribution in [2.24, 2.45) is 11.7 Å². The summed E-state index contributed by atoms with van der Waals surface area (Å²) in [4.78, 5) is 82.6. The number of amides is 5. The zero-order valence-electron chi connectivity index (χ0n) is 34.8. The molecule has 2 aromatic heterocycles. The number of carbonyl (C=O) groups is 4. The highest BCUT2D eigenvalue weighted by Crippen LogP contribution is 2.33. The summed E-state index contributed by atoms with van der Waals surface area (Å²) in [6, 6.07) is 15.8. The largest absolute Gasteiger partial charge is 0.371 e. The van der Waals surface area contributed by atoms with Gasteiger partial charge in [-0.3, -0.25) is 24.5 Å². The van der Waals surface area contributed by atoms with Crippen LogP contribution in [0.25, 0.3) is 10.8 Å². The van der Waals surface area contributed by atoms with Gasteiger partial charge in [-0.15, -0.1) is 0 Å². The summed E-state index contributed by atoms with van der Waals surface area (Å²) in [6.45, 7) is 8.09. The number of fused-ring (bicyclic) bond motifs is 1. The summed E-state index contributed by atoms with van der Waals surface area (Å²) >= 11 is 0. The first-order valence-corrected chi connectivity index (χ1v) is 21.8. The van der Waals surface area contributed by atoms with Gasteiger partial charge in [0.25, 0.3) is 11.5 Å². The van der Waals surface area contributed by atoms with E-state index in [9.17, 15) is 24.0 Å². The predicted octanol–water partition coefficient (Wildman–Crippen LogP) is 4.04. The second-order valence-electron chi connectivity index (χ2n) is 17.4. The average molecular weight is 830 g/mol. The Labute approximate surface area is 355 Å². The van der Waals surface area contributed by atoms with E-state index in [1.807, 2.05) is 42.3 Å². The van der Waals surface area contributed by atoms with Crippen LogP contribution >= 0.6 is 0 Å². The van der Waals surface area contributed by atoms with Crippen molar-refractivity contribution in [2.75, 3.05) is 81.1 Å². The topological polar surface area (TPSA) is 182 Å². The van der Waals surface area contributed by atoms with Gasteiger partial charge in [0.2, 0.25) is 11.8 Å². The molecule has 5 fully saturated rings. The Morgan fingerprint density at radius 1 is 0.869 bits per heavy atom. The van der Waals surface area contributed by atoms with Crippen LogP contribution in [0, 0.1) is 5.92 Å². The van der Waals surface area contributed by atoms with Gasteiger partial charge in [-0.2, -0.15) is 0 Å². The Morgan fingerprint density at radius 3 is 2.38 bits per heavy atom. The molecule has 5 amide bonds. The zero-order valence-corrected chi connectivity index (χ0v) is 34.8.